The molecule has 0 bridgehead atoms. The molecule has 2 fully saturated rings. The van der Waals surface area contributed by atoms with Gasteiger partial charge >= 0.3 is 0 Å². The van der Waals surface area contributed by atoms with E-state index in [0.29, 0.717) is 24.3 Å². The van der Waals surface area contributed by atoms with Crippen LogP contribution >= 0.6 is 0 Å². The number of ether oxygens (including phenoxy) is 2. The number of rotatable bonds is 6. The second kappa shape index (κ2) is 8.66. The first-order valence-corrected chi connectivity index (χ1v) is 12.7. The summed E-state index contributed by atoms with van der Waals surface area (Å²) in [5, 5.41) is 23.7. The molecule has 182 valence electrons. The number of hydrogen-bond acceptors (Lipinski definition) is 5. The first kappa shape index (κ1) is 22.6. The highest BCUT2D eigenvalue weighted by molar-refractivity contribution is 5.56. The average molecular weight is 472 g/mol. The molecule has 3 aliphatic rings. The van der Waals surface area contributed by atoms with Crippen LogP contribution in [0, 0.1) is 6.92 Å². The zero-order valence-corrected chi connectivity index (χ0v) is 20.2. The van der Waals surface area contributed by atoms with E-state index >= 15 is 0 Å². The summed E-state index contributed by atoms with van der Waals surface area (Å²) in [6.07, 6.45) is 1.95. The topological polar surface area (TPSA) is 62.2 Å². The molecule has 35 heavy (non-hydrogen) atoms. The molecule has 2 N–H and O–H groups in total. The zero-order valence-electron chi connectivity index (χ0n) is 20.2. The number of aliphatic hydroxyl groups is 2. The van der Waals surface area contributed by atoms with Gasteiger partial charge in [-0.2, -0.15) is 0 Å². The van der Waals surface area contributed by atoms with Crippen molar-refractivity contribution in [3.8, 4) is 11.5 Å². The Kier molecular flexibility index (Phi) is 5.59. The van der Waals surface area contributed by atoms with E-state index in [1.807, 2.05) is 67.6 Å². The SMILES string of the molecule is Cc1ccc(C23Oc4cc(OCCN5CCCC5)ccc4C2(O)C(O)CC3c2ccccc2)cc1. The summed E-state index contributed by atoms with van der Waals surface area (Å²) >= 11 is 0. The largest absolute Gasteiger partial charge is 0.492 e. The van der Waals surface area contributed by atoms with Crippen LogP contribution in [0.1, 0.15) is 47.4 Å². The van der Waals surface area contributed by atoms with E-state index in [1.54, 1.807) is 0 Å². The van der Waals surface area contributed by atoms with Gasteiger partial charge in [-0.3, -0.25) is 4.90 Å². The number of hydrogen-bond donors (Lipinski definition) is 2. The molecule has 1 saturated heterocycles. The zero-order chi connectivity index (χ0) is 24.0. The predicted molar refractivity (Wildman–Crippen MR) is 135 cm³/mol. The number of likely N-dealkylation sites (tertiary alicyclic amines) is 1. The molecule has 2 heterocycles. The minimum atomic E-state index is -1.58. The molecular weight excluding hydrogens is 438 g/mol. The van der Waals surface area contributed by atoms with E-state index in [0.717, 1.165) is 42.1 Å². The van der Waals surface area contributed by atoms with Crippen LogP contribution in [-0.2, 0) is 11.2 Å². The van der Waals surface area contributed by atoms with Gasteiger partial charge in [0.05, 0.1) is 6.10 Å². The van der Waals surface area contributed by atoms with Gasteiger partial charge in [-0.1, -0.05) is 60.2 Å². The lowest BCUT2D eigenvalue weighted by Gasteiger charge is -2.40. The van der Waals surface area contributed by atoms with Crippen LogP contribution in [0.25, 0.3) is 0 Å². The number of aryl methyl sites for hydroxylation is 1. The van der Waals surface area contributed by atoms with E-state index in [4.69, 9.17) is 9.47 Å². The van der Waals surface area contributed by atoms with Crippen LogP contribution in [0.3, 0.4) is 0 Å². The highest BCUT2D eigenvalue weighted by Crippen LogP contribution is 2.66. The number of aliphatic hydroxyl groups excluding tert-OH is 1. The van der Waals surface area contributed by atoms with Crippen molar-refractivity contribution >= 4 is 0 Å². The van der Waals surface area contributed by atoms with Crippen molar-refractivity contribution < 1.29 is 19.7 Å². The maximum atomic E-state index is 12.3. The Morgan fingerprint density at radius 2 is 1.74 bits per heavy atom. The summed E-state index contributed by atoms with van der Waals surface area (Å²) in [4.78, 5) is 2.42. The van der Waals surface area contributed by atoms with Crippen LogP contribution in [0.4, 0.5) is 0 Å². The van der Waals surface area contributed by atoms with E-state index in [9.17, 15) is 10.2 Å². The molecule has 0 aromatic heterocycles. The van der Waals surface area contributed by atoms with Crippen LogP contribution in [0.2, 0.25) is 0 Å². The van der Waals surface area contributed by atoms with Gasteiger partial charge in [0.2, 0.25) is 0 Å². The van der Waals surface area contributed by atoms with Crippen molar-refractivity contribution in [2.24, 2.45) is 0 Å². The fraction of sp³-hybridized carbons (Fsp3) is 0.400. The fourth-order valence-electron chi connectivity index (χ4n) is 6.40. The first-order valence-electron chi connectivity index (χ1n) is 12.7. The fourth-order valence-corrected chi connectivity index (χ4v) is 6.40. The molecule has 1 aliphatic carbocycles. The molecule has 6 rings (SSSR count). The number of fused-ring (bicyclic) bond motifs is 3. The van der Waals surface area contributed by atoms with Gasteiger partial charge in [0, 0.05) is 24.1 Å². The first-order chi connectivity index (χ1) is 17.0. The van der Waals surface area contributed by atoms with Gasteiger partial charge in [-0.05, 0) is 62.5 Å². The molecule has 3 aromatic rings. The Balaban J connectivity index is 1.39. The maximum absolute atomic E-state index is 12.3. The molecule has 4 unspecified atom stereocenters. The highest BCUT2D eigenvalue weighted by Gasteiger charge is 2.72. The number of benzene rings is 3. The van der Waals surface area contributed by atoms with E-state index < -0.39 is 17.3 Å². The monoisotopic (exact) mass is 471 g/mol. The third-order valence-electron chi connectivity index (χ3n) is 8.19. The van der Waals surface area contributed by atoms with Gasteiger partial charge in [0.25, 0.3) is 0 Å². The van der Waals surface area contributed by atoms with Crippen LogP contribution in [-0.4, -0.2) is 47.5 Å². The Morgan fingerprint density at radius 1 is 1.00 bits per heavy atom. The lowest BCUT2D eigenvalue weighted by atomic mass is 9.71. The lowest BCUT2D eigenvalue weighted by Crippen LogP contribution is -2.51. The third kappa shape index (κ3) is 3.48. The third-order valence-corrected chi connectivity index (χ3v) is 8.19. The minimum absolute atomic E-state index is 0.224. The molecule has 1 saturated carbocycles. The molecule has 3 aromatic carbocycles. The molecule has 0 radical (unpaired) electrons. The smallest absolute Gasteiger partial charge is 0.176 e. The summed E-state index contributed by atoms with van der Waals surface area (Å²) in [6.45, 7) is 5.84. The molecule has 5 nitrogen and oxygen atoms in total. The van der Waals surface area contributed by atoms with Crippen molar-refractivity contribution in [2.45, 2.75) is 49.4 Å². The standard InChI is InChI=1S/C30H33NO4/c1-21-9-11-23(12-10-21)30-26(22-7-3-2-4-8-22)20-28(32)29(30,33)25-14-13-24(19-27(25)35-30)34-18-17-31-15-5-6-16-31/h2-4,7-14,19,26,28,32-33H,5-6,15-18,20H2,1H3. The summed E-state index contributed by atoms with van der Waals surface area (Å²) in [5.74, 6) is 1.07. The maximum Gasteiger partial charge on any atom is 0.176 e. The summed E-state index contributed by atoms with van der Waals surface area (Å²) in [5.41, 5.74) is 0.940. The normalized spacial score (nSPS) is 29.6. The Labute approximate surface area is 206 Å². The Bertz CT molecular complexity index is 1190. The second-order valence-electron chi connectivity index (χ2n) is 10.2. The molecule has 0 spiro atoms. The van der Waals surface area contributed by atoms with Gasteiger partial charge < -0.3 is 19.7 Å². The van der Waals surface area contributed by atoms with Crippen molar-refractivity contribution in [1.82, 2.24) is 4.90 Å². The average Bonchev–Trinajstić information content (AvgIpc) is 3.54. The second-order valence-corrected chi connectivity index (χ2v) is 10.2. The van der Waals surface area contributed by atoms with Gasteiger partial charge in [-0.15, -0.1) is 0 Å². The van der Waals surface area contributed by atoms with Crippen molar-refractivity contribution in [2.75, 3.05) is 26.2 Å². The van der Waals surface area contributed by atoms with E-state index in [2.05, 4.69) is 17.0 Å². The molecule has 2 aliphatic heterocycles. The number of nitrogens with zero attached hydrogens (tertiary/aromatic N) is 1. The van der Waals surface area contributed by atoms with Crippen LogP contribution < -0.4 is 9.47 Å². The van der Waals surface area contributed by atoms with Crippen molar-refractivity contribution in [3.63, 3.8) is 0 Å². The van der Waals surface area contributed by atoms with Crippen molar-refractivity contribution in [3.05, 3.63) is 95.1 Å². The highest BCUT2D eigenvalue weighted by atomic mass is 16.5. The summed E-state index contributed by atoms with van der Waals surface area (Å²) in [6, 6.07) is 23.8. The molecule has 5 heteroatoms. The molecule has 4 atom stereocenters. The lowest BCUT2D eigenvalue weighted by molar-refractivity contribution is -0.149. The molecule has 0 amide bonds. The van der Waals surface area contributed by atoms with Gasteiger partial charge in [0.15, 0.2) is 11.2 Å². The van der Waals surface area contributed by atoms with Gasteiger partial charge in [0.1, 0.15) is 18.1 Å². The Morgan fingerprint density at radius 3 is 2.49 bits per heavy atom. The minimum Gasteiger partial charge on any atom is -0.492 e. The van der Waals surface area contributed by atoms with Crippen molar-refractivity contribution in [1.29, 1.82) is 0 Å². The van der Waals surface area contributed by atoms with Crippen LogP contribution in [0.15, 0.2) is 72.8 Å². The predicted octanol–water partition coefficient (Wildman–Crippen LogP) is 4.49. The summed E-state index contributed by atoms with van der Waals surface area (Å²) < 4.78 is 12.9. The van der Waals surface area contributed by atoms with E-state index in [1.165, 1.54) is 12.8 Å². The molecular formula is C30H33NO4. The Hall–Kier alpha value is -2.86. The quantitative estimate of drug-likeness (QED) is 0.555. The van der Waals surface area contributed by atoms with E-state index in [-0.39, 0.29) is 5.92 Å². The summed E-state index contributed by atoms with van der Waals surface area (Å²) in [7, 11) is 0. The van der Waals surface area contributed by atoms with Gasteiger partial charge in [-0.25, -0.2) is 0 Å². The van der Waals surface area contributed by atoms with Crippen LogP contribution in [0.5, 0.6) is 11.5 Å².